The van der Waals surface area contributed by atoms with Crippen LogP contribution in [-0.2, 0) is 13.5 Å². The van der Waals surface area contributed by atoms with Crippen LogP contribution in [0.15, 0.2) is 24.4 Å². The van der Waals surface area contributed by atoms with E-state index in [2.05, 4.69) is 5.10 Å². The Labute approximate surface area is 132 Å². The van der Waals surface area contributed by atoms with E-state index in [1.54, 1.807) is 30.1 Å². The predicted octanol–water partition coefficient (Wildman–Crippen LogP) is 3.75. The van der Waals surface area contributed by atoms with Crippen molar-refractivity contribution in [1.82, 2.24) is 9.78 Å². The van der Waals surface area contributed by atoms with Crippen molar-refractivity contribution in [2.75, 3.05) is 0 Å². The summed E-state index contributed by atoms with van der Waals surface area (Å²) < 4.78 is 1.58. The van der Waals surface area contributed by atoms with Gasteiger partial charge >= 0.3 is 0 Å². The number of hydrogen-bond donors (Lipinski definition) is 0. The van der Waals surface area contributed by atoms with Gasteiger partial charge in [0.2, 0.25) is 0 Å². The molecule has 0 N–H and O–H groups in total. The summed E-state index contributed by atoms with van der Waals surface area (Å²) in [7, 11) is 1.75. The Morgan fingerprint density at radius 1 is 1.19 bits per heavy atom. The minimum absolute atomic E-state index is 0.212. The molecule has 0 amide bonds. The van der Waals surface area contributed by atoms with E-state index in [-0.39, 0.29) is 18.0 Å². The average molecular weight is 325 g/mol. The molecule has 0 aliphatic carbocycles. The Morgan fingerprint density at radius 3 is 2.52 bits per heavy atom. The van der Waals surface area contributed by atoms with E-state index in [9.17, 15) is 9.59 Å². The SMILES string of the molecule is CCc1nn(C)cc1C(=O)CC(=O)c1ccc(Cl)c(Cl)c1. The number of benzene rings is 1. The van der Waals surface area contributed by atoms with Crippen LogP contribution in [0.4, 0.5) is 0 Å². The largest absolute Gasteiger partial charge is 0.294 e. The third-order valence-electron chi connectivity index (χ3n) is 3.10. The molecule has 0 bridgehead atoms. The molecule has 0 fully saturated rings. The van der Waals surface area contributed by atoms with Crippen LogP contribution < -0.4 is 0 Å². The fraction of sp³-hybridized carbons (Fsp3) is 0.267. The van der Waals surface area contributed by atoms with Gasteiger partial charge in [0.05, 0.1) is 27.7 Å². The molecule has 21 heavy (non-hydrogen) atoms. The summed E-state index contributed by atoms with van der Waals surface area (Å²) in [5.74, 6) is -0.527. The summed E-state index contributed by atoms with van der Waals surface area (Å²) in [6, 6.07) is 4.58. The first kappa shape index (κ1) is 15.7. The van der Waals surface area contributed by atoms with E-state index in [1.165, 1.54) is 6.07 Å². The lowest BCUT2D eigenvalue weighted by atomic mass is 10.0. The molecule has 0 aliphatic heterocycles. The molecule has 0 radical (unpaired) electrons. The smallest absolute Gasteiger partial charge is 0.174 e. The number of aryl methyl sites for hydroxylation is 2. The first-order valence-electron chi connectivity index (χ1n) is 6.46. The number of aromatic nitrogens is 2. The van der Waals surface area contributed by atoms with Crippen LogP contribution in [0.2, 0.25) is 10.0 Å². The maximum absolute atomic E-state index is 12.2. The summed E-state index contributed by atoms with van der Waals surface area (Å²) in [4.78, 5) is 24.4. The van der Waals surface area contributed by atoms with E-state index in [0.29, 0.717) is 33.3 Å². The fourth-order valence-electron chi connectivity index (χ4n) is 2.04. The molecule has 0 saturated heterocycles. The van der Waals surface area contributed by atoms with Gasteiger partial charge in [-0.15, -0.1) is 0 Å². The lowest BCUT2D eigenvalue weighted by Gasteiger charge is -2.03. The highest BCUT2D eigenvalue weighted by atomic mass is 35.5. The lowest BCUT2D eigenvalue weighted by molar-refractivity contribution is 0.0894. The van der Waals surface area contributed by atoms with Crippen molar-refractivity contribution in [1.29, 1.82) is 0 Å². The summed E-state index contributed by atoms with van der Waals surface area (Å²) in [6.07, 6.45) is 2.07. The summed E-state index contributed by atoms with van der Waals surface area (Å²) in [5.41, 5.74) is 1.57. The van der Waals surface area contributed by atoms with Gasteiger partial charge in [-0.05, 0) is 24.6 Å². The molecule has 110 valence electrons. The van der Waals surface area contributed by atoms with Gasteiger partial charge in [-0.2, -0.15) is 5.10 Å². The topological polar surface area (TPSA) is 52.0 Å². The second-order valence-electron chi connectivity index (χ2n) is 4.67. The molecule has 0 unspecified atom stereocenters. The van der Waals surface area contributed by atoms with Gasteiger partial charge in [-0.25, -0.2) is 0 Å². The van der Waals surface area contributed by atoms with Crippen molar-refractivity contribution in [3.05, 3.63) is 51.3 Å². The van der Waals surface area contributed by atoms with E-state index in [4.69, 9.17) is 23.2 Å². The van der Waals surface area contributed by atoms with Crippen LogP contribution in [-0.4, -0.2) is 21.3 Å². The Kier molecular flexibility index (Phi) is 4.80. The van der Waals surface area contributed by atoms with Crippen molar-refractivity contribution in [2.45, 2.75) is 19.8 Å². The van der Waals surface area contributed by atoms with Crippen molar-refractivity contribution >= 4 is 34.8 Å². The molecule has 2 rings (SSSR count). The number of nitrogens with zero attached hydrogens (tertiary/aromatic N) is 2. The number of carbonyl (C=O) groups is 2. The van der Waals surface area contributed by atoms with Gasteiger partial charge in [0.1, 0.15) is 0 Å². The molecule has 1 heterocycles. The Morgan fingerprint density at radius 2 is 1.90 bits per heavy atom. The molecule has 0 aliphatic rings. The maximum Gasteiger partial charge on any atom is 0.174 e. The number of halogens is 2. The molecular weight excluding hydrogens is 311 g/mol. The third-order valence-corrected chi connectivity index (χ3v) is 3.84. The van der Waals surface area contributed by atoms with Gasteiger partial charge in [0.15, 0.2) is 11.6 Å². The first-order chi connectivity index (χ1) is 9.92. The Balaban J connectivity index is 2.18. The molecule has 4 nitrogen and oxygen atoms in total. The van der Waals surface area contributed by atoms with Crippen molar-refractivity contribution in [3.63, 3.8) is 0 Å². The minimum atomic E-state index is -0.288. The zero-order valence-corrected chi connectivity index (χ0v) is 13.2. The van der Waals surface area contributed by atoms with Gasteiger partial charge in [0, 0.05) is 18.8 Å². The molecular formula is C15H14Cl2N2O2. The fourth-order valence-corrected chi connectivity index (χ4v) is 2.34. The highest BCUT2D eigenvalue weighted by Gasteiger charge is 2.19. The summed E-state index contributed by atoms with van der Waals surface area (Å²) in [5, 5.41) is 4.87. The number of Topliss-reactive ketones (excluding diaryl/α,β-unsaturated/α-hetero) is 2. The molecule has 6 heteroatoms. The van der Waals surface area contributed by atoms with E-state index in [1.807, 2.05) is 6.92 Å². The molecule has 1 aromatic carbocycles. The quantitative estimate of drug-likeness (QED) is 0.621. The summed E-state index contributed by atoms with van der Waals surface area (Å²) >= 11 is 11.7. The first-order valence-corrected chi connectivity index (χ1v) is 7.22. The Bertz CT molecular complexity index is 708. The van der Waals surface area contributed by atoms with Crippen LogP contribution in [0, 0.1) is 0 Å². The second kappa shape index (κ2) is 6.41. The van der Waals surface area contributed by atoms with Crippen molar-refractivity contribution in [2.24, 2.45) is 7.05 Å². The van der Waals surface area contributed by atoms with E-state index in [0.717, 1.165) is 0 Å². The van der Waals surface area contributed by atoms with Crippen LogP contribution >= 0.6 is 23.2 Å². The Hall–Kier alpha value is -1.65. The standard InChI is InChI=1S/C15H14Cl2N2O2/c1-3-13-10(8-19(2)18-13)15(21)7-14(20)9-4-5-11(16)12(17)6-9/h4-6,8H,3,7H2,1-2H3. The molecule has 2 aromatic rings. The lowest BCUT2D eigenvalue weighted by Crippen LogP contribution is -2.09. The predicted molar refractivity (Wildman–Crippen MR) is 82.3 cm³/mol. The van der Waals surface area contributed by atoms with Gasteiger partial charge in [-0.1, -0.05) is 30.1 Å². The van der Waals surface area contributed by atoms with Crippen molar-refractivity contribution < 1.29 is 9.59 Å². The monoisotopic (exact) mass is 324 g/mol. The minimum Gasteiger partial charge on any atom is -0.294 e. The van der Waals surface area contributed by atoms with E-state index < -0.39 is 0 Å². The maximum atomic E-state index is 12.2. The molecule has 0 spiro atoms. The summed E-state index contributed by atoms with van der Waals surface area (Å²) in [6.45, 7) is 1.92. The normalized spacial score (nSPS) is 10.7. The zero-order valence-electron chi connectivity index (χ0n) is 11.7. The highest BCUT2D eigenvalue weighted by molar-refractivity contribution is 6.42. The zero-order chi connectivity index (χ0) is 15.6. The van der Waals surface area contributed by atoms with Crippen molar-refractivity contribution in [3.8, 4) is 0 Å². The van der Waals surface area contributed by atoms with Gasteiger partial charge < -0.3 is 0 Å². The number of rotatable bonds is 5. The molecule has 0 atom stereocenters. The average Bonchev–Trinajstić information content (AvgIpc) is 2.83. The van der Waals surface area contributed by atoms with Crippen LogP contribution in [0.3, 0.4) is 0 Å². The second-order valence-corrected chi connectivity index (χ2v) is 5.48. The van der Waals surface area contributed by atoms with Crippen LogP contribution in [0.5, 0.6) is 0 Å². The number of ketones is 2. The third kappa shape index (κ3) is 3.52. The highest BCUT2D eigenvalue weighted by Crippen LogP contribution is 2.23. The molecule has 0 saturated carbocycles. The van der Waals surface area contributed by atoms with Crippen LogP contribution in [0.1, 0.15) is 39.8 Å². The molecule has 1 aromatic heterocycles. The number of carbonyl (C=O) groups excluding carboxylic acids is 2. The van der Waals surface area contributed by atoms with Crippen LogP contribution in [0.25, 0.3) is 0 Å². The van der Waals surface area contributed by atoms with Gasteiger partial charge in [-0.3, -0.25) is 14.3 Å². The number of hydrogen-bond acceptors (Lipinski definition) is 3. The van der Waals surface area contributed by atoms with E-state index >= 15 is 0 Å². The van der Waals surface area contributed by atoms with Gasteiger partial charge in [0.25, 0.3) is 0 Å².